The van der Waals surface area contributed by atoms with Crippen LogP contribution < -0.4 is 5.32 Å². The van der Waals surface area contributed by atoms with Gasteiger partial charge in [0, 0.05) is 22.6 Å². The van der Waals surface area contributed by atoms with Gasteiger partial charge in [-0.3, -0.25) is 0 Å². The highest BCUT2D eigenvalue weighted by atomic mass is 79.9. The topological polar surface area (TPSA) is 15.3 Å². The lowest BCUT2D eigenvalue weighted by Gasteiger charge is -2.21. The number of halogens is 3. The number of likely N-dealkylation sites (N-methyl/N-ethyl adjacent to an activating group) is 2. The predicted octanol–water partition coefficient (Wildman–Crippen LogP) is 3.06. The molecule has 2 nitrogen and oxygen atoms in total. The molecule has 0 aromatic heterocycles. The molecule has 90 valence electrons. The van der Waals surface area contributed by atoms with E-state index in [-0.39, 0.29) is 16.9 Å². The molecule has 0 amide bonds. The van der Waals surface area contributed by atoms with Crippen molar-refractivity contribution in [2.45, 2.75) is 6.04 Å². The summed E-state index contributed by atoms with van der Waals surface area (Å²) >= 11 is 9.06. The summed E-state index contributed by atoms with van der Waals surface area (Å²) in [7, 11) is 5.70. The first-order valence-electron chi connectivity index (χ1n) is 4.92. The van der Waals surface area contributed by atoms with Gasteiger partial charge in [-0.15, -0.1) is 0 Å². The third kappa shape index (κ3) is 3.17. The zero-order chi connectivity index (χ0) is 12.3. The van der Waals surface area contributed by atoms with Crippen molar-refractivity contribution in [3.8, 4) is 0 Å². The lowest BCUT2D eigenvalue weighted by molar-refractivity contribution is 0.347. The summed E-state index contributed by atoms with van der Waals surface area (Å²) in [5.41, 5.74) is 0.587. The summed E-state index contributed by atoms with van der Waals surface area (Å²) in [6, 6.07) is 3.44. The molecular formula is C11H15BrClFN2. The molecule has 0 aliphatic rings. The van der Waals surface area contributed by atoms with E-state index in [1.54, 1.807) is 12.1 Å². The van der Waals surface area contributed by atoms with Gasteiger partial charge in [0.15, 0.2) is 0 Å². The first kappa shape index (κ1) is 13.9. The molecule has 1 atom stereocenters. The highest BCUT2D eigenvalue weighted by Gasteiger charge is 2.18. The monoisotopic (exact) mass is 308 g/mol. The molecule has 0 fully saturated rings. The molecule has 1 aromatic carbocycles. The van der Waals surface area contributed by atoms with Crippen LogP contribution in [0.1, 0.15) is 11.6 Å². The van der Waals surface area contributed by atoms with Crippen LogP contribution in [-0.2, 0) is 0 Å². The first-order valence-corrected chi connectivity index (χ1v) is 6.09. The molecular weight excluding hydrogens is 294 g/mol. The van der Waals surface area contributed by atoms with E-state index < -0.39 is 0 Å². The lowest BCUT2D eigenvalue weighted by atomic mass is 10.1. The van der Waals surface area contributed by atoms with Crippen LogP contribution in [0.3, 0.4) is 0 Å². The normalized spacial score (nSPS) is 13.2. The maximum atomic E-state index is 13.9. The molecule has 1 unspecified atom stereocenters. The van der Waals surface area contributed by atoms with Crippen molar-refractivity contribution in [2.24, 2.45) is 0 Å². The van der Waals surface area contributed by atoms with Crippen LogP contribution in [0, 0.1) is 5.82 Å². The van der Waals surface area contributed by atoms with Gasteiger partial charge in [0.25, 0.3) is 0 Å². The van der Waals surface area contributed by atoms with Gasteiger partial charge in [-0.2, -0.15) is 0 Å². The van der Waals surface area contributed by atoms with Gasteiger partial charge in [-0.05, 0) is 43.1 Å². The Balaban J connectivity index is 3.06. The van der Waals surface area contributed by atoms with Gasteiger partial charge in [0.2, 0.25) is 0 Å². The molecule has 0 radical (unpaired) electrons. The standard InChI is InChI=1S/C11H15BrClFN2/c1-15-9(6-16(2)3)7-4-5-8(12)10(13)11(7)14/h4-5,9,15H,6H2,1-3H3. The Kier molecular flexibility index (Phi) is 5.18. The largest absolute Gasteiger partial charge is 0.312 e. The summed E-state index contributed by atoms with van der Waals surface area (Å²) in [6.07, 6.45) is 0. The zero-order valence-electron chi connectivity index (χ0n) is 9.52. The van der Waals surface area contributed by atoms with E-state index in [4.69, 9.17) is 11.6 Å². The third-order valence-corrected chi connectivity index (χ3v) is 3.60. The minimum Gasteiger partial charge on any atom is -0.312 e. The molecule has 0 bridgehead atoms. The van der Waals surface area contributed by atoms with Gasteiger partial charge >= 0.3 is 0 Å². The molecule has 0 saturated heterocycles. The smallest absolute Gasteiger partial charge is 0.147 e. The fraction of sp³-hybridized carbons (Fsp3) is 0.455. The molecule has 1 rings (SSSR count). The minimum atomic E-state index is -0.364. The second-order valence-electron chi connectivity index (χ2n) is 3.87. The van der Waals surface area contributed by atoms with E-state index in [1.165, 1.54) is 0 Å². The number of hydrogen-bond donors (Lipinski definition) is 1. The summed E-state index contributed by atoms with van der Waals surface area (Å²) in [4.78, 5) is 2.00. The molecule has 1 N–H and O–H groups in total. The molecule has 1 aromatic rings. The molecule has 0 aliphatic carbocycles. The minimum absolute atomic E-state index is 0.0689. The molecule has 16 heavy (non-hydrogen) atoms. The molecule has 0 heterocycles. The van der Waals surface area contributed by atoms with Crippen LogP contribution in [0.2, 0.25) is 5.02 Å². The number of hydrogen-bond acceptors (Lipinski definition) is 2. The van der Waals surface area contributed by atoms with Crippen molar-refractivity contribution >= 4 is 27.5 Å². The second-order valence-corrected chi connectivity index (χ2v) is 5.10. The average molecular weight is 310 g/mol. The first-order chi connectivity index (χ1) is 7.47. The number of nitrogens with one attached hydrogen (secondary N) is 1. The van der Waals surface area contributed by atoms with Crippen molar-refractivity contribution in [1.29, 1.82) is 0 Å². The Morgan fingerprint density at radius 1 is 1.50 bits per heavy atom. The number of rotatable bonds is 4. The number of benzene rings is 1. The van der Waals surface area contributed by atoms with E-state index >= 15 is 0 Å². The summed E-state index contributed by atoms with van der Waals surface area (Å²) in [5.74, 6) is -0.364. The SMILES string of the molecule is CNC(CN(C)C)c1ccc(Br)c(Cl)c1F. The van der Waals surface area contributed by atoms with Crippen LogP contribution in [-0.4, -0.2) is 32.6 Å². The highest BCUT2D eigenvalue weighted by Crippen LogP contribution is 2.30. The quantitative estimate of drug-likeness (QED) is 0.860. The second kappa shape index (κ2) is 5.96. The van der Waals surface area contributed by atoms with E-state index in [0.717, 1.165) is 0 Å². The maximum absolute atomic E-state index is 13.9. The Labute approximate surface area is 109 Å². The summed E-state index contributed by atoms with van der Waals surface area (Å²) in [5, 5.41) is 3.22. The van der Waals surface area contributed by atoms with Crippen molar-refractivity contribution in [2.75, 3.05) is 27.7 Å². The summed E-state index contributed by atoms with van der Waals surface area (Å²) < 4.78 is 14.5. The van der Waals surface area contributed by atoms with Crippen molar-refractivity contribution < 1.29 is 4.39 Å². The Bertz CT molecular complexity index is 371. The Morgan fingerprint density at radius 2 is 2.12 bits per heavy atom. The Hall–Kier alpha value is -0.160. The van der Waals surface area contributed by atoms with Crippen LogP contribution in [0.25, 0.3) is 0 Å². The molecule has 5 heteroatoms. The van der Waals surface area contributed by atoms with E-state index in [0.29, 0.717) is 16.6 Å². The maximum Gasteiger partial charge on any atom is 0.147 e. The van der Waals surface area contributed by atoms with Gasteiger partial charge in [0.1, 0.15) is 5.82 Å². The van der Waals surface area contributed by atoms with Crippen LogP contribution in [0.15, 0.2) is 16.6 Å². The molecule has 0 aliphatic heterocycles. The lowest BCUT2D eigenvalue weighted by Crippen LogP contribution is -2.29. The Morgan fingerprint density at radius 3 is 2.62 bits per heavy atom. The average Bonchev–Trinajstić information content (AvgIpc) is 2.23. The highest BCUT2D eigenvalue weighted by molar-refractivity contribution is 9.10. The molecule has 0 spiro atoms. The molecule has 0 saturated carbocycles. The van der Waals surface area contributed by atoms with Crippen LogP contribution in [0.4, 0.5) is 4.39 Å². The van der Waals surface area contributed by atoms with Gasteiger partial charge in [0.05, 0.1) is 5.02 Å². The zero-order valence-corrected chi connectivity index (χ0v) is 11.9. The summed E-state index contributed by atoms with van der Waals surface area (Å²) in [6.45, 7) is 0.714. The fourth-order valence-electron chi connectivity index (χ4n) is 1.52. The van der Waals surface area contributed by atoms with Crippen molar-refractivity contribution in [1.82, 2.24) is 10.2 Å². The van der Waals surface area contributed by atoms with E-state index in [9.17, 15) is 4.39 Å². The van der Waals surface area contributed by atoms with Crippen LogP contribution in [0.5, 0.6) is 0 Å². The number of nitrogens with zero attached hydrogens (tertiary/aromatic N) is 1. The fourth-order valence-corrected chi connectivity index (χ4v) is 2.00. The predicted molar refractivity (Wildman–Crippen MR) is 69.5 cm³/mol. The van der Waals surface area contributed by atoms with Crippen molar-refractivity contribution in [3.05, 3.63) is 33.0 Å². The van der Waals surface area contributed by atoms with Gasteiger partial charge < -0.3 is 10.2 Å². The van der Waals surface area contributed by atoms with E-state index in [2.05, 4.69) is 21.2 Å². The van der Waals surface area contributed by atoms with E-state index in [1.807, 2.05) is 26.0 Å². The van der Waals surface area contributed by atoms with Crippen LogP contribution >= 0.6 is 27.5 Å². The van der Waals surface area contributed by atoms with Gasteiger partial charge in [-0.1, -0.05) is 17.7 Å². The van der Waals surface area contributed by atoms with Crippen molar-refractivity contribution in [3.63, 3.8) is 0 Å². The third-order valence-electron chi connectivity index (χ3n) is 2.34. The van der Waals surface area contributed by atoms with Gasteiger partial charge in [-0.25, -0.2) is 4.39 Å².